The number of rotatable bonds is 5. The average molecular weight is 463 g/mol. The zero-order chi connectivity index (χ0) is 22.4. The van der Waals surface area contributed by atoms with Crippen molar-refractivity contribution in [2.75, 3.05) is 18.6 Å². The van der Waals surface area contributed by atoms with E-state index in [1.807, 2.05) is 6.07 Å². The summed E-state index contributed by atoms with van der Waals surface area (Å²) in [5.74, 6) is 0.353. The Bertz CT molecular complexity index is 1300. The van der Waals surface area contributed by atoms with Crippen LogP contribution in [0.25, 0.3) is 22.2 Å². The molecule has 1 aliphatic rings. The van der Waals surface area contributed by atoms with Crippen molar-refractivity contribution in [3.8, 4) is 11.1 Å². The van der Waals surface area contributed by atoms with Gasteiger partial charge in [0.2, 0.25) is 0 Å². The van der Waals surface area contributed by atoms with Crippen LogP contribution in [-0.4, -0.2) is 60.7 Å². The van der Waals surface area contributed by atoms with E-state index in [2.05, 4.69) is 34.9 Å². The molecule has 0 amide bonds. The molecule has 31 heavy (non-hydrogen) atoms. The van der Waals surface area contributed by atoms with Gasteiger partial charge >= 0.3 is 0 Å². The number of aromatic nitrogens is 3. The fourth-order valence-electron chi connectivity index (χ4n) is 3.89. The Hall–Kier alpha value is -2.30. The summed E-state index contributed by atoms with van der Waals surface area (Å²) >= 11 is 0. The van der Waals surface area contributed by atoms with Crippen LogP contribution in [0.4, 0.5) is 0 Å². The molecule has 0 aliphatic carbocycles. The monoisotopic (exact) mass is 462 g/mol. The molecule has 0 unspecified atom stereocenters. The number of hydrogen-bond donors (Lipinski definition) is 1. The van der Waals surface area contributed by atoms with Crippen LogP contribution in [0.15, 0.2) is 41.7 Å². The van der Waals surface area contributed by atoms with Crippen molar-refractivity contribution in [2.24, 2.45) is 0 Å². The summed E-state index contributed by atoms with van der Waals surface area (Å²) in [6.45, 7) is 4.20. The first-order chi connectivity index (χ1) is 14.6. The molecule has 0 spiro atoms. The molecule has 8 nitrogen and oxygen atoms in total. The van der Waals surface area contributed by atoms with Crippen LogP contribution in [0.3, 0.4) is 0 Å². The summed E-state index contributed by atoms with van der Waals surface area (Å²) < 4.78 is 50.6. The van der Waals surface area contributed by atoms with Crippen LogP contribution in [-0.2, 0) is 19.9 Å². The van der Waals surface area contributed by atoms with Crippen molar-refractivity contribution in [1.29, 1.82) is 0 Å². The fourth-order valence-corrected chi connectivity index (χ4v) is 6.68. The highest BCUT2D eigenvalue weighted by Gasteiger charge is 2.33. The van der Waals surface area contributed by atoms with Gasteiger partial charge < -0.3 is 4.98 Å². The molecule has 0 radical (unpaired) electrons. The Morgan fingerprint density at radius 1 is 1.13 bits per heavy atom. The summed E-state index contributed by atoms with van der Waals surface area (Å²) in [6.07, 6.45) is 3.88. The first kappa shape index (κ1) is 21.9. The van der Waals surface area contributed by atoms with Gasteiger partial charge in [0, 0.05) is 42.1 Å². The van der Waals surface area contributed by atoms with Crippen molar-refractivity contribution in [3.63, 3.8) is 0 Å². The molecular weight excluding hydrogens is 436 g/mol. The fraction of sp³-hybridized carbons (Fsp3) is 0.429. The third kappa shape index (κ3) is 4.24. The highest BCUT2D eigenvalue weighted by Crippen LogP contribution is 2.30. The van der Waals surface area contributed by atoms with Crippen molar-refractivity contribution in [1.82, 2.24) is 19.3 Å². The van der Waals surface area contributed by atoms with Crippen LogP contribution in [0, 0.1) is 0 Å². The molecule has 3 aromatic heterocycles. The van der Waals surface area contributed by atoms with Gasteiger partial charge in [-0.1, -0.05) is 13.8 Å². The third-order valence-corrected chi connectivity index (χ3v) is 9.45. The number of nitrogens with zero attached hydrogens (tertiary/aromatic N) is 3. The Morgan fingerprint density at radius 3 is 2.45 bits per heavy atom. The summed E-state index contributed by atoms with van der Waals surface area (Å²) in [5.41, 5.74) is 3.59. The first-order valence-electron chi connectivity index (χ1n) is 10.2. The van der Waals surface area contributed by atoms with Gasteiger partial charge in [-0.2, -0.15) is 4.31 Å². The van der Waals surface area contributed by atoms with Crippen molar-refractivity contribution >= 4 is 30.9 Å². The molecule has 10 heteroatoms. The van der Waals surface area contributed by atoms with Gasteiger partial charge in [-0.3, -0.25) is 0 Å². The number of pyridine rings is 2. The summed E-state index contributed by atoms with van der Waals surface area (Å²) in [4.78, 5) is 12.0. The minimum Gasteiger partial charge on any atom is -0.343 e. The van der Waals surface area contributed by atoms with E-state index in [9.17, 15) is 16.8 Å². The lowest BCUT2D eigenvalue weighted by Gasteiger charge is -2.30. The average Bonchev–Trinajstić information content (AvgIpc) is 3.18. The highest BCUT2D eigenvalue weighted by atomic mass is 32.2. The standard InChI is InChI=1S/C21H26N4O4S2/c1-14(2)19-12-18-17(6-9-22-21(18)24-19)15-4-5-20(23-13-15)31(28,29)25(3)16-7-10-30(26,27)11-8-16/h4-6,9,12-14,16H,7-8,10-11H2,1-3H3,(H,22,24). The van der Waals surface area contributed by atoms with E-state index in [0.29, 0.717) is 18.8 Å². The second kappa shape index (κ2) is 7.99. The van der Waals surface area contributed by atoms with Crippen molar-refractivity contribution in [3.05, 3.63) is 42.4 Å². The molecule has 1 N–H and O–H groups in total. The molecule has 0 bridgehead atoms. The number of nitrogens with one attached hydrogen (secondary N) is 1. The first-order valence-corrected chi connectivity index (χ1v) is 13.5. The molecule has 0 saturated carbocycles. The Balaban J connectivity index is 1.62. The normalized spacial score (nSPS) is 17.6. The van der Waals surface area contributed by atoms with Crippen LogP contribution in [0.1, 0.15) is 38.3 Å². The van der Waals surface area contributed by atoms with Crippen LogP contribution in [0.2, 0.25) is 0 Å². The number of sulfonamides is 1. The number of fused-ring (bicyclic) bond motifs is 1. The molecule has 166 valence electrons. The zero-order valence-corrected chi connectivity index (χ0v) is 19.4. The molecule has 1 aliphatic heterocycles. The van der Waals surface area contributed by atoms with Gasteiger partial charge in [0.05, 0.1) is 11.5 Å². The van der Waals surface area contributed by atoms with E-state index >= 15 is 0 Å². The molecule has 1 saturated heterocycles. The SMILES string of the molecule is CC(C)c1cc2c(-c3ccc(S(=O)(=O)N(C)C4CCS(=O)(=O)CC4)nc3)ccnc2[nH]1. The number of sulfone groups is 1. The smallest absolute Gasteiger partial charge is 0.260 e. The van der Waals surface area contributed by atoms with Gasteiger partial charge in [0.1, 0.15) is 15.5 Å². The van der Waals surface area contributed by atoms with Crippen LogP contribution in [0.5, 0.6) is 0 Å². The van der Waals surface area contributed by atoms with Gasteiger partial charge in [-0.25, -0.2) is 26.8 Å². The maximum Gasteiger partial charge on any atom is 0.260 e. The van der Waals surface area contributed by atoms with Crippen LogP contribution < -0.4 is 0 Å². The Morgan fingerprint density at radius 2 is 1.84 bits per heavy atom. The molecule has 1 fully saturated rings. The summed E-state index contributed by atoms with van der Waals surface area (Å²) in [6, 6.07) is 6.86. The third-order valence-electron chi connectivity index (χ3n) is 5.90. The predicted molar refractivity (Wildman–Crippen MR) is 120 cm³/mol. The summed E-state index contributed by atoms with van der Waals surface area (Å²) in [7, 11) is -5.38. The molecule has 0 atom stereocenters. The second-order valence-corrected chi connectivity index (χ2v) is 12.5. The van der Waals surface area contributed by atoms with E-state index in [1.54, 1.807) is 18.5 Å². The number of hydrogen-bond acceptors (Lipinski definition) is 6. The lowest BCUT2D eigenvalue weighted by molar-refractivity contribution is 0.341. The topological polar surface area (TPSA) is 113 Å². The lowest BCUT2D eigenvalue weighted by Crippen LogP contribution is -2.42. The van der Waals surface area contributed by atoms with Crippen molar-refractivity contribution < 1.29 is 16.8 Å². The summed E-state index contributed by atoms with van der Waals surface area (Å²) in [5, 5.41) is 0.915. The van der Waals surface area contributed by atoms with Gasteiger partial charge in [0.15, 0.2) is 5.03 Å². The molecule has 4 rings (SSSR count). The van der Waals surface area contributed by atoms with E-state index < -0.39 is 19.9 Å². The van der Waals surface area contributed by atoms with E-state index in [-0.39, 0.29) is 22.6 Å². The largest absolute Gasteiger partial charge is 0.343 e. The predicted octanol–water partition coefficient (Wildman–Crippen LogP) is 2.95. The Kier molecular flexibility index (Phi) is 5.65. The maximum absolute atomic E-state index is 13.0. The highest BCUT2D eigenvalue weighted by molar-refractivity contribution is 7.91. The van der Waals surface area contributed by atoms with Gasteiger partial charge in [-0.05, 0) is 48.6 Å². The maximum atomic E-state index is 13.0. The van der Waals surface area contributed by atoms with E-state index in [1.165, 1.54) is 17.4 Å². The quantitative estimate of drug-likeness (QED) is 0.624. The van der Waals surface area contributed by atoms with E-state index in [4.69, 9.17) is 0 Å². The number of aromatic amines is 1. The second-order valence-electron chi connectivity index (χ2n) is 8.29. The lowest BCUT2D eigenvalue weighted by atomic mass is 10.0. The van der Waals surface area contributed by atoms with Gasteiger partial charge in [0.25, 0.3) is 10.0 Å². The van der Waals surface area contributed by atoms with Crippen molar-refractivity contribution in [2.45, 2.75) is 43.7 Å². The van der Waals surface area contributed by atoms with Crippen LogP contribution >= 0.6 is 0 Å². The minimum absolute atomic E-state index is 0.0109. The molecule has 3 aromatic rings. The minimum atomic E-state index is -3.82. The molecule has 4 heterocycles. The zero-order valence-electron chi connectivity index (χ0n) is 17.7. The van der Waals surface area contributed by atoms with E-state index in [0.717, 1.165) is 27.9 Å². The van der Waals surface area contributed by atoms with Gasteiger partial charge in [-0.15, -0.1) is 0 Å². The molecular formula is C21H26N4O4S2. The number of H-pyrrole nitrogens is 1. The Labute approximate surface area is 182 Å². The molecule has 0 aromatic carbocycles.